The van der Waals surface area contributed by atoms with E-state index >= 15 is 0 Å². The molecule has 0 rings (SSSR count). The number of oxime groups is 1. The van der Waals surface area contributed by atoms with E-state index in [9.17, 15) is 9.18 Å². The van der Waals surface area contributed by atoms with Gasteiger partial charge in [-0.15, -0.1) is 0 Å². The molecule has 0 N–H and O–H groups in total. The van der Waals surface area contributed by atoms with E-state index in [4.69, 9.17) is 0 Å². The van der Waals surface area contributed by atoms with Crippen molar-refractivity contribution < 1.29 is 18.8 Å². The summed E-state index contributed by atoms with van der Waals surface area (Å²) in [5.74, 6) is -0.925. The Morgan fingerprint density at radius 3 is 2.50 bits per heavy atom. The summed E-state index contributed by atoms with van der Waals surface area (Å²) in [6, 6.07) is 0. The second kappa shape index (κ2) is 6.34. The van der Waals surface area contributed by atoms with Crippen molar-refractivity contribution >= 4 is 12.2 Å². The van der Waals surface area contributed by atoms with Crippen LogP contribution in [-0.2, 0) is 14.4 Å². The van der Waals surface area contributed by atoms with Crippen LogP contribution in [0, 0.1) is 0 Å². The lowest BCUT2D eigenvalue weighted by Crippen LogP contribution is -2.36. The van der Waals surface area contributed by atoms with Crippen LogP contribution >= 0.6 is 0 Å². The maximum absolute atomic E-state index is 13.7. The van der Waals surface area contributed by atoms with Crippen molar-refractivity contribution in [2.45, 2.75) is 32.9 Å². The van der Waals surface area contributed by atoms with Gasteiger partial charge in [0.2, 0.25) is 5.67 Å². The molecule has 0 aliphatic carbocycles. The van der Waals surface area contributed by atoms with Crippen LogP contribution in [0.25, 0.3) is 0 Å². The highest BCUT2D eigenvalue weighted by molar-refractivity contribution is 5.98. The molecule has 0 saturated carbocycles. The smallest absolute Gasteiger partial charge is 0.349 e. The van der Waals surface area contributed by atoms with Crippen LogP contribution in [0.5, 0.6) is 0 Å². The highest BCUT2D eigenvalue weighted by Gasteiger charge is 2.37. The predicted octanol–water partition coefficient (Wildman–Crippen LogP) is 1.69. The monoisotopic (exact) mass is 205 g/mol. The normalized spacial score (nSPS) is 15.1. The first kappa shape index (κ1) is 12.9. The third kappa shape index (κ3) is 3.72. The van der Waals surface area contributed by atoms with Gasteiger partial charge in [-0.2, -0.15) is 0 Å². The van der Waals surface area contributed by atoms with Gasteiger partial charge in [0.25, 0.3) is 0 Å². The third-order valence-corrected chi connectivity index (χ3v) is 1.59. The average Bonchev–Trinajstić information content (AvgIpc) is 2.18. The summed E-state index contributed by atoms with van der Waals surface area (Å²) in [5.41, 5.74) is -2.18. The van der Waals surface area contributed by atoms with Gasteiger partial charge in [-0.25, -0.2) is 9.18 Å². The number of halogens is 1. The standard InChI is InChI=1S/C9H16FNO3/c1-4-9(10,7-11-14-6-3)8(12)13-5-2/h7H,4-6H2,1-3H3. The summed E-state index contributed by atoms with van der Waals surface area (Å²) in [6.45, 7) is 5.35. The second-order valence-electron chi connectivity index (χ2n) is 2.59. The van der Waals surface area contributed by atoms with E-state index in [1.165, 1.54) is 6.92 Å². The van der Waals surface area contributed by atoms with Crippen molar-refractivity contribution in [1.82, 2.24) is 0 Å². The molecule has 1 unspecified atom stereocenters. The van der Waals surface area contributed by atoms with E-state index in [1.807, 2.05) is 0 Å². The van der Waals surface area contributed by atoms with Gasteiger partial charge in [-0.05, 0) is 20.3 Å². The van der Waals surface area contributed by atoms with E-state index in [2.05, 4.69) is 14.7 Å². The number of carbonyl (C=O) groups excluding carboxylic acids is 1. The van der Waals surface area contributed by atoms with Gasteiger partial charge < -0.3 is 9.57 Å². The van der Waals surface area contributed by atoms with E-state index in [1.54, 1.807) is 13.8 Å². The van der Waals surface area contributed by atoms with Crippen LogP contribution in [0.3, 0.4) is 0 Å². The highest BCUT2D eigenvalue weighted by atomic mass is 19.1. The Morgan fingerprint density at radius 2 is 2.07 bits per heavy atom. The molecule has 0 saturated heterocycles. The molecule has 0 amide bonds. The molecule has 0 radical (unpaired) electrons. The average molecular weight is 205 g/mol. The molecule has 82 valence electrons. The van der Waals surface area contributed by atoms with E-state index in [0.717, 1.165) is 6.21 Å². The van der Waals surface area contributed by atoms with Gasteiger partial charge >= 0.3 is 5.97 Å². The fraction of sp³-hybridized carbons (Fsp3) is 0.778. The molecular weight excluding hydrogens is 189 g/mol. The number of carbonyl (C=O) groups is 1. The van der Waals surface area contributed by atoms with Crippen molar-refractivity contribution in [1.29, 1.82) is 0 Å². The SMILES string of the molecule is CCON=CC(F)(CC)C(=O)OCC. The topological polar surface area (TPSA) is 47.9 Å². The van der Waals surface area contributed by atoms with Crippen LogP contribution in [-0.4, -0.2) is 31.1 Å². The summed E-state index contributed by atoms with van der Waals surface area (Å²) in [4.78, 5) is 15.7. The summed E-state index contributed by atoms with van der Waals surface area (Å²) in [6.07, 6.45) is 0.816. The number of ether oxygens (including phenoxy) is 1. The first-order valence-corrected chi connectivity index (χ1v) is 4.63. The van der Waals surface area contributed by atoms with Gasteiger partial charge in [-0.3, -0.25) is 0 Å². The van der Waals surface area contributed by atoms with E-state index < -0.39 is 11.6 Å². The minimum absolute atomic E-state index is 0.0254. The summed E-state index contributed by atoms with van der Waals surface area (Å²) in [5, 5.41) is 3.34. The van der Waals surface area contributed by atoms with Crippen LogP contribution in [0.4, 0.5) is 4.39 Å². The van der Waals surface area contributed by atoms with E-state index in [-0.39, 0.29) is 13.0 Å². The van der Waals surface area contributed by atoms with Crippen molar-refractivity contribution in [2.75, 3.05) is 13.2 Å². The number of nitrogens with zero attached hydrogens (tertiary/aromatic N) is 1. The molecule has 0 heterocycles. The lowest BCUT2D eigenvalue weighted by atomic mass is 10.1. The zero-order chi connectivity index (χ0) is 11.0. The molecule has 0 bridgehead atoms. The lowest BCUT2D eigenvalue weighted by Gasteiger charge is -2.15. The maximum atomic E-state index is 13.7. The maximum Gasteiger partial charge on any atom is 0.349 e. The predicted molar refractivity (Wildman–Crippen MR) is 50.9 cm³/mol. The largest absolute Gasteiger partial charge is 0.463 e. The van der Waals surface area contributed by atoms with Crippen LogP contribution in [0.15, 0.2) is 5.16 Å². The molecule has 14 heavy (non-hydrogen) atoms. The van der Waals surface area contributed by atoms with Crippen LogP contribution < -0.4 is 0 Å². The third-order valence-electron chi connectivity index (χ3n) is 1.59. The van der Waals surface area contributed by atoms with Gasteiger partial charge in [0.05, 0.1) is 12.8 Å². The second-order valence-corrected chi connectivity index (χ2v) is 2.59. The lowest BCUT2D eigenvalue weighted by molar-refractivity contribution is -0.152. The fourth-order valence-corrected chi connectivity index (χ4v) is 0.735. The Labute approximate surface area is 83.1 Å². The Bertz CT molecular complexity index is 208. The molecule has 4 nitrogen and oxygen atoms in total. The Hall–Kier alpha value is -1.13. The van der Waals surface area contributed by atoms with Crippen molar-refractivity contribution in [3.05, 3.63) is 0 Å². The number of rotatable bonds is 6. The number of esters is 1. The van der Waals surface area contributed by atoms with Gasteiger partial charge in [-0.1, -0.05) is 12.1 Å². The quantitative estimate of drug-likeness (QED) is 0.376. The highest BCUT2D eigenvalue weighted by Crippen LogP contribution is 2.15. The fourth-order valence-electron chi connectivity index (χ4n) is 0.735. The Morgan fingerprint density at radius 1 is 1.43 bits per heavy atom. The molecule has 0 aromatic heterocycles. The molecule has 0 spiro atoms. The van der Waals surface area contributed by atoms with Gasteiger partial charge in [0, 0.05) is 0 Å². The molecule has 5 heteroatoms. The molecule has 0 fully saturated rings. The zero-order valence-electron chi connectivity index (χ0n) is 8.75. The Balaban J connectivity index is 4.37. The first-order chi connectivity index (χ1) is 6.60. The molecule has 0 aromatic carbocycles. The Kier molecular flexibility index (Phi) is 5.83. The molecule has 1 atom stereocenters. The molecule has 0 aliphatic rings. The van der Waals surface area contributed by atoms with Crippen LogP contribution in [0.2, 0.25) is 0 Å². The minimum Gasteiger partial charge on any atom is -0.463 e. The molecule has 0 aromatic rings. The van der Waals surface area contributed by atoms with Crippen LogP contribution in [0.1, 0.15) is 27.2 Å². The summed E-state index contributed by atoms with van der Waals surface area (Å²) in [7, 11) is 0. The number of hydrogen-bond acceptors (Lipinski definition) is 4. The summed E-state index contributed by atoms with van der Waals surface area (Å²) >= 11 is 0. The van der Waals surface area contributed by atoms with Gasteiger partial charge in [0.1, 0.15) is 6.61 Å². The van der Waals surface area contributed by atoms with Crippen molar-refractivity contribution in [3.63, 3.8) is 0 Å². The van der Waals surface area contributed by atoms with Gasteiger partial charge in [0.15, 0.2) is 0 Å². The molecule has 0 aliphatic heterocycles. The zero-order valence-corrected chi connectivity index (χ0v) is 8.75. The summed E-state index contributed by atoms with van der Waals surface area (Å²) < 4.78 is 18.3. The van der Waals surface area contributed by atoms with E-state index in [0.29, 0.717) is 6.61 Å². The first-order valence-electron chi connectivity index (χ1n) is 4.63. The molecular formula is C9H16FNO3. The van der Waals surface area contributed by atoms with Crippen molar-refractivity contribution in [2.24, 2.45) is 5.16 Å². The minimum atomic E-state index is -2.18. The van der Waals surface area contributed by atoms with Crippen molar-refractivity contribution in [3.8, 4) is 0 Å². The number of alkyl halides is 1. The number of hydrogen-bond donors (Lipinski definition) is 0.